The fourth-order valence-electron chi connectivity index (χ4n) is 3.35. The number of nitrogens with one attached hydrogen (secondary N) is 1. The number of aliphatic hydroxyl groups is 2. The maximum absolute atomic E-state index is 10.9. The first-order chi connectivity index (χ1) is 15.6. The van der Waals surface area contributed by atoms with Crippen LogP contribution in [0.2, 0.25) is 5.02 Å². The van der Waals surface area contributed by atoms with Crippen LogP contribution in [0.5, 0.6) is 11.5 Å². The molecule has 0 aliphatic carbocycles. The average Bonchev–Trinajstić information content (AvgIpc) is 3.31. The van der Waals surface area contributed by atoms with E-state index in [1.54, 1.807) is 0 Å². The molecule has 0 amide bonds. The lowest BCUT2D eigenvalue weighted by molar-refractivity contribution is -0.0504. The predicted molar refractivity (Wildman–Crippen MR) is 111 cm³/mol. The first-order valence-corrected chi connectivity index (χ1v) is 11.3. The van der Waals surface area contributed by atoms with Crippen molar-refractivity contribution in [1.29, 1.82) is 0 Å². The summed E-state index contributed by atoms with van der Waals surface area (Å²) in [6.45, 7) is -0.594. The zero-order valence-electron chi connectivity index (χ0n) is 16.6. The second-order valence-electron chi connectivity index (χ2n) is 7.14. The van der Waals surface area contributed by atoms with Crippen molar-refractivity contribution in [3.05, 3.63) is 35.4 Å². The molecule has 1 fully saturated rings. The Bertz CT molecular complexity index is 1220. The van der Waals surface area contributed by atoms with Crippen LogP contribution in [-0.4, -0.2) is 74.7 Å². The Kier molecular flexibility index (Phi) is 6.44. The number of imidazole rings is 1. The number of aliphatic hydroxyl groups excluding tert-OH is 2. The van der Waals surface area contributed by atoms with E-state index in [0.717, 1.165) is 0 Å². The molecule has 1 aromatic carbocycles. The van der Waals surface area contributed by atoms with Crippen molar-refractivity contribution < 1.29 is 44.0 Å². The van der Waals surface area contributed by atoms with Gasteiger partial charge in [0.25, 0.3) is 0 Å². The number of aromatic nitrogens is 4. The summed E-state index contributed by atoms with van der Waals surface area (Å²) in [6, 6.07) is 2.94. The minimum Gasteiger partial charge on any atom is -0.504 e. The Morgan fingerprint density at radius 3 is 2.64 bits per heavy atom. The number of ether oxygens (including phenoxy) is 1. The van der Waals surface area contributed by atoms with E-state index in [9.17, 15) is 25.0 Å². The normalized spacial score (nSPS) is 23.3. The van der Waals surface area contributed by atoms with Crippen molar-refractivity contribution in [2.45, 2.75) is 31.1 Å². The number of nitrogens with zero attached hydrogens (tertiary/aromatic N) is 4. The second kappa shape index (κ2) is 9.00. The molecule has 178 valence electrons. The van der Waals surface area contributed by atoms with Crippen LogP contribution in [0.1, 0.15) is 11.8 Å². The molecule has 7 N–H and O–H groups in total. The lowest BCUT2D eigenvalue weighted by Crippen LogP contribution is -2.33. The Morgan fingerprint density at radius 1 is 1.15 bits per heavy atom. The number of anilines is 1. The summed E-state index contributed by atoms with van der Waals surface area (Å²) >= 11 is 5.76. The number of aromatic hydroxyl groups is 2. The number of hydrogen-bond donors (Lipinski definition) is 7. The monoisotopic (exact) mass is 503 g/mol. The van der Waals surface area contributed by atoms with Gasteiger partial charge in [0.1, 0.15) is 24.6 Å². The Balaban J connectivity index is 1.55. The molecule has 0 spiro atoms. The van der Waals surface area contributed by atoms with Crippen LogP contribution in [-0.2, 0) is 20.4 Å². The summed E-state index contributed by atoms with van der Waals surface area (Å²) in [5, 5.41) is 43.4. The highest BCUT2D eigenvalue weighted by atomic mass is 35.5. The largest absolute Gasteiger partial charge is 0.504 e. The van der Waals surface area contributed by atoms with E-state index in [0.29, 0.717) is 5.56 Å². The van der Waals surface area contributed by atoms with E-state index < -0.39 is 44.7 Å². The van der Waals surface area contributed by atoms with Crippen LogP contribution in [0.4, 0.5) is 5.82 Å². The standard InChI is InChI=1S/C17H19ClN5O9P/c18-8-2-1-7(11(24)12(8)25)3-19-15-10-16(21-5-20-15)23(6-22-10)17-14(27)13(26)9(32-17)4-31-33(28,29)30/h1-2,5-6,9,13-14,17,24-27H,3-4H2,(H,19,20,21)(H2,28,29,30)/t9-,13-,14-,17-/m1/s1. The van der Waals surface area contributed by atoms with Gasteiger partial charge in [-0.15, -0.1) is 0 Å². The van der Waals surface area contributed by atoms with Crippen molar-refractivity contribution >= 4 is 36.4 Å². The number of rotatable bonds is 7. The highest BCUT2D eigenvalue weighted by molar-refractivity contribution is 7.46. The third kappa shape index (κ3) is 4.74. The molecule has 3 aromatic rings. The average molecular weight is 504 g/mol. The van der Waals surface area contributed by atoms with Gasteiger partial charge in [-0.2, -0.15) is 0 Å². The molecule has 1 aliphatic rings. The summed E-state index contributed by atoms with van der Waals surface area (Å²) < 4.78 is 22.2. The highest BCUT2D eigenvalue weighted by Crippen LogP contribution is 2.39. The molecular weight excluding hydrogens is 485 g/mol. The fraction of sp³-hybridized carbons (Fsp3) is 0.353. The molecule has 0 bridgehead atoms. The minimum atomic E-state index is -4.79. The van der Waals surface area contributed by atoms with Crippen LogP contribution in [0, 0.1) is 0 Å². The third-order valence-corrected chi connectivity index (χ3v) is 5.80. The maximum atomic E-state index is 10.9. The lowest BCUT2D eigenvalue weighted by Gasteiger charge is -2.16. The van der Waals surface area contributed by atoms with Gasteiger partial charge in [-0.25, -0.2) is 19.5 Å². The van der Waals surface area contributed by atoms with Crippen molar-refractivity contribution in [1.82, 2.24) is 19.5 Å². The summed E-state index contributed by atoms with van der Waals surface area (Å²) in [5.74, 6) is -0.566. The Labute approximate surface area is 190 Å². The first kappa shape index (κ1) is 23.6. The molecule has 0 radical (unpaired) electrons. The second-order valence-corrected chi connectivity index (χ2v) is 8.78. The smallest absolute Gasteiger partial charge is 0.469 e. The first-order valence-electron chi connectivity index (χ1n) is 9.39. The SMILES string of the molecule is O=P(O)(O)OC[C@H]1O[C@@H](n2cnc3c(NCc4ccc(Cl)c(O)c4O)ncnc32)[C@H](O)[C@@H]1O. The molecule has 2 aromatic heterocycles. The molecule has 0 saturated carbocycles. The van der Waals surface area contributed by atoms with Crippen molar-refractivity contribution in [2.24, 2.45) is 0 Å². The zero-order valence-corrected chi connectivity index (χ0v) is 18.2. The van der Waals surface area contributed by atoms with E-state index in [-0.39, 0.29) is 34.3 Å². The molecule has 4 rings (SSSR count). The van der Waals surface area contributed by atoms with Crippen LogP contribution >= 0.6 is 19.4 Å². The van der Waals surface area contributed by atoms with Crippen molar-refractivity contribution in [3.8, 4) is 11.5 Å². The number of phenols is 2. The van der Waals surface area contributed by atoms with E-state index in [1.807, 2.05) is 0 Å². The Morgan fingerprint density at radius 2 is 1.91 bits per heavy atom. The van der Waals surface area contributed by atoms with Crippen LogP contribution in [0.25, 0.3) is 11.2 Å². The lowest BCUT2D eigenvalue weighted by atomic mass is 10.1. The molecule has 1 aliphatic heterocycles. The number of phenolic OH excluding ortho intramolecular Hbond substituents is 2. The molecule has 1 saturated heterocycles. The molecular formula is C17H19ClN5O9P. The van der Waals surface area contributed by atoms with Gasteiger partial charge in [0.05, 0.1) is 18.0 Å². The van der Waals surface area contributed by atoms with E-state index in [4.69, 9.17) is 26.1 Å². The van der Waals surface area contributed by atoms with Gasteiger partial charge in [0.2, 0.25) is 0 Å². The molecule has 3 heterocycles. The van der Waals surface area contributed by atoms with Crippen molar-refractivity contribution in [2.75, 3.05) is 11.9 Å². The van der Waals surface area contributed by atoms with Crippen LogP contribution < -0.4 is 5.32 Å². The fourth-order valence-corrected chi connectivity index (χ4v) is 3.85. The van der Waals surface area contributed by atoms with E-state index in [2.05, 4.69) is 24.8 Å². The minimum absolute atomic E-state index is 0.00114. The number of benzene rings is 1. The number of fused-ring (bicyclic) bond motifs is 1. The molecule has 4 atom stereocenters. The topological polar surface area (TPSA) is 213 Å². The zero-order chi connectivity index (χ0) is 23.9. The van der Waals surface area contributed by atoms with E-state index >= 15 is 0 Å². The summed E-state index contributed by atoms with van der Waals surface area (Å²) in [4.78, 5) is 30.1. The summed E-state index contributed by atoms with van der Waals surface area (Å²) in [7, 11) is -4.79. The van der Waals surface area contributed by atoms with Gasteiger partial charge in [-0.05, 0) is 6.07 Å². The summed E-state index contributed by atoms with van der Waals surface area (Å²) in [5.41, 5.74) is 0.840. The quantitative estimate of drug-likeness (QED) is 0.170. The van der Waals surface area contributed by atoms with E-state index in [1.165, 1.54) is 29.4 Å². The van der Waals surface area contributed by atoms with Gasteiger partial charge in [0, 0.05) is 12.1 Å². The molecule has 16 heteroatoms. The van der Waals surface area contributed by atoms with Gasteiger partial charge in [-0.1, -0.05) is 17.7 Å². The number of halogens is 1. The van der Waals surface area contributed by atoms with Crippen LogP contribution in [0.15, 0.2) is 24.8 Å². The predicted octanol–water partition coefficient (Wildman–Crippen LogP) is 0.231. The molecule has 0 unspecified atom stereocenters. The van der Waals surface area contributed by atoms with Gasteiger partial charge >= 0.3 is 7.82 Å². The van der Waals surface area contributed by atoms with Gasteiger partial charge in [-0.3, -0.25) is 9.09 Å². The van der Waals surface area contributed by atoms with Gasteiger partial charge < -0.3 is 40.3 Å². The third-order valence-electron chi connectivity index (χ3n) is 5.01. The number of phosphoric acid groups is 1. The summed E-state index contributed by atoms with van der Waals surface area (Å²) in [6.07, 6.45) is -2.82. The number of phosphoric ester groups is 1. The molecule has 14 nitrogen and oxygen atoms in total. The Hall–Kier alpha value is -2.55. The van der Waals surface area contributed by atoms with Crippen LogP contribution in [0.3, 0.4) is 0 Å². The molecule has 33 heavy (non-hydrogen) atoms. The van der Waals surface area contributed by atoms with Crippen molar-refractivity contribution in [3.63, 3.8) is 0 Å². The highest BCUT2D eigenvalue weighted by Gasteiger charge is 2.45. The maximum Gasteiger partial charge on any atom is 0.469 e. The van der Waals surface area contributed by atoms with Gasteiger partial charge in [0.15, 0.2) is 34.7 Å². The number of hydrogen-bond acceptors (Lipinski definition) is 11.